The van der Waals surface area contributed by atoms with E-state index < -0.39 is 6.04 Å². The summed E-state index contributed by atoms with van der Waals surface area (Å²) in [6.45, 7) is 0.290. The molecule has 0 aromatic heterocycles. The van der Waals surface area contributed by atoms with Crippen LogP contribution in [0.15, 0.2) is 54.6 Å². The molecular formula is C16H18N2O3. The minimum absolute atomic E-state index is 0.183. The van der Waals surface area contributed by atoms with Gasteiger partial charge in [0.25, 0.3) is 5.91 Å². The summed E-state index contributed by atoms with van der Waals surface area (Å²) < 4.78 is 0. The van der Waals surface area contributed by atoms with E-state index in [9.17, 15) is 9.90 Å². The third kappa shape index (κ3) is 4.91. The van der Waals surface area contributed by atoms with Crippen LogP contribution in [0.1, 0.15) is 11.1 Å². The van der Waals surface area contributed by atoms with Gasteiger partial charge in [-0.15, -0.1) is 0 Å². The van der Waals surface area contributed by atoms with E-state index in [2.05, 4.69) is 5.48 Å². The van der Waals surface area contributed by atoms with E-state index in [4.69, 9.17) is 10.6 Å². The minimum atomic E-state index is -0.703. The average molecular weight is 286 g/mol. The molecule has 0 bridgehead atoms. The molecule has 0 aliphatic carbocycles. The van der Waals surface area contributed by atoms with E-state index in [-0.39, 0.29) is 11.7 Å². The molecule has 0 radical (unpaired) electrons. The number of rotatable bonds is 6. The monoisotopic (exact) mass is 286 g/mol. The lowest BCUT2D eigenvalue weighted by molar-refractivity contribution is -0.135. The Morgan fingerprint density at radius 3 is 2.43 bits per heavy atom. The maximum Gasteiger partial charge on any atom is 0.260 e. The zero-order chi connectivity index (χ0) is 15.1. The summed E-state index contributed by atoms with van der Waals surface area (Å²) >= 11 is 0. The lowest BCUT2D eigenvalue weighted by atomic mass is 10.1. The largest absolute Gasteiger partial charge is 0.508 e. The Morgan fingerprint density at radius 2 is 1.76 bits per heavy atom. The van der Waals surface area contributed by atoms with E-state index in [1.165, 1.54) is 0 Å². The zero-order valence-electron chi connectivity index (χ0n) is 11.5. The van der Waals surface area contributed by atoms with E-state index in [0.29, 0.717) is 13.0 Å². The van der Waals surface area contributed by atoms with Crippen molar-refractivity contribution in [2.45, 2.75) is 19.1 Å². The first-order valence-corrected chi connectivity index (χ1v) is 6.64. The van der Waals surface area contributed by atoms with Crippen molar-refractivity contribution in [3.05, 3.63) is 65.7 Å². The molecule has 2 rings (SSSR count). The summed E-state index contributed by atoms with van der Waals surface area (Å²) in [5.74, 6) is -0.193. The number of phenols is 1. The smallest absolute Gasteiger partial charge is 0.260 e. The molecule has 2 aromatic carbocycles. The lowest BCUT2D eigenvalue weighted by Crippen LogP contribution is -2.41. The Balaban J connectivity index is 1.76. The van der Waals surface area contributed by atoms with Crippen LogP contribution in [0.25, 0.3) is 0 Å². The fourth-order valence-corrected chi connectivity index (χ4v) is 1.82. The van der Waals surface area contributed by atoms with Gasteiger partial charge in [-0.3, -0.25) is 9.63 Å². The molecule has 0 aliphatic rings. The fourth-order valence-electron chi connectivity index (χ4n) is 1.82. The van der Waals surface area contributed by atoms with E-state index in [1.807, 2.05) is 30.3 Å². The molecule has 0 heterocycles. The second kappa shape index (κ2) is 7.42. The van der Waals surface area contributed by atoms with Crippen LogP contribution in [0.2, 0.25) is 0 Å². The highest BCUT2D eigenvalue weighted by Crippen LogP contribution is 2.10. The lowest BCUT2D eigenvalue weighted by Gasteiger charge is -2.12. The number of phenolic OH excluding ortho intramolecular Hbond substituents is 1. The molecule has 0 saturated carbocycles. The number of hydrogen-bond acceptors (Lipinski definition) is 4. The molecular weight excluding hydrogens is 268 g/mol. The Labute approximate surface area is 123 Å². The summed E-state index contributed by atoms with van der Waals surface area (Å²) in [5.41, 5.74) is 10.00. The van der Waals surface area contributed by atoms with Gasteiger partial charge in [-0.2, -0.15) is 0 Å². The number of hydroxylamine groups is 1. The summed E-state index contributed by atoms with van der Waals surface area (Å²) in [4.78, 5) is 16.9. The molecule has 0 fully saturated rings. The van der Waals surface area contributed by atoms with Gasteiger partial charge in [0.1, 0.15) is 5.75 Å². The van der Waals surface area contributed by atoms with Gasteiger partial charge in [-0.25, -0.2) is 5.48 Å². The van der Waals surface area contributed by atoms with E-state index >= 15 is 0 Å². The Bertz CT molecular complexity index is 570. The zero-order valence-corrected chi connectivity index (χ0v) is 11.5. The number of benzene rings is 2. The first-order chi connectivity index (χ1) is 10.1. The van der Waals surface area contributed by atoms with Crippen LogP contribution < -0.4 is 11.2 Å². The van der Waals surface area contributed by atoms with Gasteiger partial charge < -0.3 is 10.8 Å². The van der Waals surface area contributed by atoms with Crippen LogP contribution in [0.3, 0.4) is 0 Å². The predicted molar refractivity (Wildman–Crippen MR) is 79.2 cm³/mol. The normalized spacial score (nSPS) is 11.9. The topological polar surface area (TPSA) is 84.6 Å². The Hall–Kier alpha value is -2.37. The number of aromatic hydroxyl groups is 1. The third-order valence-corrected chi connectivity index (χ3v) is 2.98. The van der Waals surface area contributed by atoms with Crippen molar-refractivity contribution >= 4 is 5.91 Å². The summed E-state index contributed by atoms with van der Waals surface area (Å²) in [5, 5.41) is 9.19. The Morgan fingerprint density at radius 1 is 1.10 bits per heavy atom. The molecule has 21 heavy (non-hydrogen) atoms. The number of nitrogens with two attached hydrogens (primary N) is 1. The van der Waals surface area contributed by atoms with Gasteiger partial charge >= 0.3 is 0 Å². The highest BCUT2D eigenvalue weighted by atomic mass is 16.6. The van der Waals surface area contributed by atoms with Crippen molar-refractivity contribution in [3.8, 4) is 5.75 Å². The highest BCUT2D eigenvalue weighted by Gasteiger charge is 2.14. The molecule has 4 N–H and O–H groups in total. The molecule has 2 aromatic rings. The summed E-state index contributed by atoms with van der Waals surface area (Å²) in [7, 11) is 0. The maximum absolute atomic E-state index is 11.8. The number of amides is 1. The molecule has 1 atom stereocenters. The van der Waals surface area contributed by atoms with Crippen molar-refractivity contribution in [2.24, 2.45) is 5.73 Å². The molecule has 5 nitrogen and oxygen atoms in total. The van der Waals surface area contributed by atoms with Gasteiger partial charge in [0, 0.05) is 0 Å². The molecule has 5 heteroatoms. The minimum Gasteiger partial charge on any atom is -0.508 e. The van der Waals surface area contributed by atoms with E-state index in [0.717, 1.165) is 11.1 Å². The van der Waals surface area contributed by atoms with Gasteiger partial charge in [0.2, 0.25) is 0 Å². The van der Waals surface area contributed by atoms with Crippen LogP contribution in [0, 0.1) is 0 Å². The molecule has 110 valence electrons. The number of nitrogens with one attached hydrogen (secondary N) is 1. The van der Waals surface area contributed by atoms with Crippen LogP contribution in [0.4, 0.5) is 0 Å². The van der Waals surface area contributed by atoms with Crippen molar-refractivity contribution in [3.63, 3.8) is 0 Å². The number of carbonyl (C=O) groups excluding carboxylic acids is 1. The first-order valence-electron chi connectivity index (χ1n) is 6.64. The Kier molecular flexibility index (Phi) is 5.31. The second-order valence-electron chi connectivity index (χ2n) is 4.72. The summed E-state index contributed by atoms with van der Waals surface area (Å²) in [6.07, 6.45) is 0.376. The van der Waals surface area contributed by atoms with E-state index in [1.54, 1.807) is 24.3 Å². The molecule has 1 amide bonds. The maximum atomic E-state index is 11.8. The fraction of sp³-hybridized carbons (Fsp3) is 0.188. The van der Waals surface area contributed by atoms with Crippen molar-refractivity contribution in [2.75, 3.05) is 0 Å². The van der Waals surface area contributed by atoms with Gasteiger partial charge in [0.15, 0.2) is 0 Å². The quantitative estimate of drug-likeness (QED) is 0.703. The van der Waals surface area contributed by atoms with Crippen LogP contribution in [0.5, 0.6) is 5.75 Å². The highest BCUT2D eigenvalue weighted by molar-refractivity contribution is 5.80. The predicted octanol–water partition coefficient (Wildman–Crippen LogP) is 1.51. The first kappa shape index (κ1) is 15.0. The molecule has 0 unspecified atom stereocenters. The number of hydrogen-bond donors (Lipinski definition) is 3. The van der Waals surface area contributed by atoms with Crippen molar-refractivity contribution < 1.29 is 14.7 Å². The van der Waals surface area contributed by atoms with Gasteiger partial charge in [-0.05, 0) is 29.7 Å². The van der Waals surface area contributed by atoms with Crippen LogP contribution >= 0.6 is 0 Å². The third-order valence-electron chi connectivity index (χ3n) is 2.98. The second-order valence-corrected chi connectivity index (χ2v) is 4.72. The van der Waals surface area contributed by atoms with Gasteiger partial charge in [0.05, 0.1) is 12.6 Å². The van der Waals surface area contributed by atoms with Crippen LogP contribution in [-0.4, -0.2) is 17.1 Å². The van der Waals surface area contributed by atoms with Crippen LogP contribution in [-0.2, 0) is 22.7 Å². The molecule has 0 spiro atoms. The molecule has 0 aliphatic heterocycles. The standard InChI is InChI=1S/C16H18N2O3/c17-15(10-12-6-8-14(19)9-7-12)16(20)18-21-11-13-4-2-1-3-5-13/h1-9,15,19H,10-11,17H2,(H,18,20)/t15-/m0/s1. The average Bonchev–Trinajstić information content (AvgIpc) is 2.50. The summed E-state index contributed by atoms with van der Waals surface area (Å²) in [6, 6.07) is 15.4. The molecule has 0 saturated heterocycles. The number of carbonyl (C=O) groups is 1. The van der Waals surface area contributed by atoms with Crippen molar-refractivity contribution in [1.82, 2.24) is 5.48 Å². The van der Waals surface area contributed by atoms with Gasteiger partial charge in [-0.1, -0.05) is 42.5 Å². The SMILES string of the molecule is N[C@@H](Cc1ccc(O)cc1)C(=O)NOCc1ccccc1. The van der Waals surface area contributed by atoms with Crippen molar-refractivity contribution in [1.29, 1.82) is 0 Å².